The van der Waals surface area contributed by atoms with Gasteiger partial charge in [-0.1, -0.05) is 22.0 Å². The van der Waals surface area contributed by atoms with E-state index in [2.05, 4.69) is 15.9 Å². The maximum atomic E-state index is 13.9. The smallest absolute Gasteiger partial charge is 0.130 e. The van der Waals surface area contributed by atoms with E-state index in [1.165, 1.54) is 19.2 Å². The van der Waals surface area contributed by atoms with Gasteiger partial charge >= 0.3 is 0 Å². The number of rotatable bonds is 4. The molecular formula is C15H13BrF2O2. The average molecular weight is 343 g/mol. The second kappa shape index (κ2) is 6.22. The van der Waals surface area contributed by atoms with Crippen LogP contribution in [0.15, 0.2) is 36.4 Å². The van der Waals surface area contributed by atoms with Crippen molar-refractivity contribution in [3.05, 3.63) is 59.2 Å². The molecule has 0 spiro atoms. The number of alkyl halides is 1. The highest BCUT2D eigenvalue weighted by Gasteiger charge is 2.19. The van der Waals surface area contributed by atoms with Crippen molar-refractivity contribution < 1.29 is 18.3 Å². The van der Waals surface area contributed by atoms with Crippen LogP contribution >= 0.6 is 15.9 Å². The van der Waals surface area contributed by atoms with Crippen molar-refractivity contribution in [1.29, 1.82) is 0 Å². The summed E-state index contributed by atoms with van der Waals surface area (Å²) in [6.07, 6.45) is 0. The number of methoxy groups -OCH3 is 2. The van der Waals surface area contributed by atoms with E-state index in [0.29, 0.717) is 22.6 Å². The summed E-state index contributed by atoms with van der Waals surface area (Å²) in [6.45, 7) is 0. The Balaban J connectivity index is 2.48. The summed E-state index contributed by atoms with van der Waals surface area (Å²) in [5.74, 6) is 0.00414. The summed E-state index contributed by atoms with van der Waals surface area (Å²) in [5, 5.41) is 0. The Morgan fingerprint density at radius 2 is 1.70 bits per heavy atom. The normalized spacial score (nSPS) is 12.1. The Morgan fingerprint density at radius 3 is 2.30 bits per heavy atom. The number of benzene rings is 2. The molecular weight excluding hydrogens is 330 g/mol. The van der Waals surface area contributed by atoms with Crippen molar-refractivity contribution in [2.45, 2.75) is 4.83 Å². The van der Waals surface area contributed by atoms with Gasteiger partial charge in [0, 0.05) is 17.2 Å². The molecule has 2 aromatic rings. The van der Waals surface area contributed by atoms with Crippen LogP contribution in [0.2, 0.25) is 0 Å². The Labute approximate surface area is 124 Å². The minimum atomic E-state index is -0.614. The van der Waals surface area contributed by atoms with Crippen LogP contribution < -0.4 is 9.47 Å². The molecule has 0 aliphatic carbocycles. The number of halogens is 3. The van der Waals surface area contributed by atoms with Gasteiger partial charge in [0.15, 0.2) is 0 Å². The monoisotopic (exact) mass is 342 g/mol. The van der Waals surface area contributed by atoms with Gasteiger partial charge in [-0.15, -0.1) is 0 Å². The van der Waals surface area contributed by atoms with Crippen molar-refractivity contribution in [2.75, 3.05) is 14.2 Å². The lowest BCUT2D eigenvalue weighted by Gasteiger charge is -2.16. The highest BCUT2D eigenvalue weighted by atomic mass is 79.9. The first-order chi connectivity index (χ1) is 9.56. The van der Waals surface area contributed by atoms with E-state index in [-0.39, 0.29) is 0 Å². The molecule has 20 heavy (non-hydrogen) atoms. The molecule has 0 aromatic heterocycles. The fraction of sp³-hybridized carbons (Fsp3) is 0.200. The summed E-state index contributed by atoms with van der Waals surface area (Å²) < 4.78 is 37.3. The van der Waals surface area contributed by atoms with E-state index in [1.54, 1.807) is 25.3 Å². The van der Waals surface area contributed by atoms with Crippen molar-refractivity contribution in [3.8, 4) is 11.5 Å². The van der Waals surface area contributed by atoms with E-state index < -0.39 is 16.5 Å². The topological polar surface area (TPSA) is 18.5 Å². The molecule has 0 bridgehead atoms. The van der Waals surface area contributed by atoms with Crippen LogP contribution in [0.1, 0.15) is 16.0 Å². The molecule has 0 saturated heterocycles. The first kappa shape index (κ1) is 14.8. The molecule has 2 rings (SSSR count). The van der Waals surface area contributed by atoms with Crippen molar-refractivity contribution in [2.24, 2.45) is 0 Å². The van der Waals surface area contributed by atoms with E-state index in [4.69, 9.17) is 9.47 Å². The SMILES string of the molecule is COc1ccc(OC)c(C(Br)c2ccc(F)cc2F)c1. The zero-order valence-electron chi connectivity index (χ0n) is 11.0. The van der Waals surface area contributed by atoms with Gasteiger partial charge in [0.25, 0.3) is 0 Å². The second-order valence-corrected chi connectivity index (χ2v) is 5.05. The van der Waals surface area contributed by atoms with E-state index in [0.717, 1.165) is 6.07 Å². The molecule has 2 nitrogen and oxygen atoms in total. The molecule has 0 saturated carbocycles. The van der Waals surface area contributed by atoms with Gasteiger partial charge in [-0.2, -0.15) is 0 Å². The predicted octanol–water partition coefficient (Wildman–Crippen LogP) is 4.47. The lowest BCUT2D eigenvalue weighted by atomic mass is 10.0. The second-order valence-electron chi connectivity index (χ2n) is 4.14. The maximum Gasteiger partial charge on any atom is 0.130 e. The Bertz CT molecular complexity index is 617. The van der Waals surface area contributed by atoms with Gasteiger partial charge in [0.2, 0.25) is 0 Å². The average Bonchev–Trinajstić information content (AvgIpc) is 2.46. The van der Waals surface area contributed by atoms with Gasteiger partial charge in [0.1, 0.15) is 23.1 Å². The quantitative estimate of drug-likeness (QED) is 0.763. The molecule has 5 heteroatoms. The van der Waals surface area contributed by atoms with Crippen LogP contribution in [0, 0.1) is 11.6 Å². The Kier molecular flexibility index (Phi) is 4.60. The zero-order chi connectivity index (χ0) is 14.7. The summed E-state index contributed by atoms with van der Waals surface area (Å²) in [5.41, 5.74) is 1.04. The number of hydrogen-bond acceptors (Lipinski definition) is 2. The molecule has 106 valence electrons. The lowest BCUT2D eigenvalue weighted by Crippen LogP contribution is -2.01. The molecule has 0 aliphatic heterocycles. The van der Waals surface area contributed by atoms with Crippen LogP contribution in [0.3, 0.4) is 0 Å². The first-order valence-electron chi connectivity index (χ1n) is 5.87. The van der Waals surface area contributed by atoms with E-state index in [1.807, 2.05) is 0 Å². The van der Waals surface area contributed by atoms with Crippen molar-refractivity contribution >= 4 is 15.9 Å². The Morgan fingerprint density at radius 1 is 0.950 bits per heavy atom. The molecule has 1 atom stereocenters. The third kappa shape index (κ3) is 2.93. The zero-order valence-corrected chi connectivity index (χ0v) is 12.6. The third-order valence-corrected chi connectivity index (χ3v) is 3.93. The summed E-state index contributed by atoms with van der Waals surface area (Å²) in [4.78, 5) is -0.465. The number of hydrogen-bond donors (Lipinski definition) is 0. The van der Waals surface area contributed by atoms with Gasteiger partial charge in [-0.05, 0) is 24.3 Å². The predicted molar refractivity (Wildman–Crippen MR) is 76.7 cm³/mol. The minimum absolute atomic E-state index is 0.331. The molecule has 1 unspecified atom stereocenters. The van der Waals surface area contributed by atoms with Crippen LogP contribution in [-0.2, 0) is 0 Å². The molecule has 0 fully saturated rings. The van der Waals surface area contributed by atoms with Crippen LogP contribution in [0.25, 0.3) is 0 Å². The highest BCUT2D eigenvalue weighted by Crippen LogP contribution is 2.39. The van der Waals surface area contributed by atoms with Crippen molar-refractivity contribution in [3.63, 3.8) is 0 Å². The number of ether oxygens (including phenoxy) is 2. The van der Waals surface area contributed by atoms with Crippen LogP contribution in [0.5, 0.6) is 11.5 Å². The fourth-order valence-corrected chi connectivity index (χ4v) is 2.64. The largest absolute Gasteiger partial charge is 0.497 e. The fourth-order valence-electron chi connectivity index (χ4n) is 1.91. The summed E-state index contributed by atoms with van der Waals surface area (Å²) in [7, 11) is 3.08. The van der Waals surface area contributed by atoms with Crippen LogP contribution in [0.4, 0.5) is 8.78 Å². The van der Waals surface area contributed by atoms with Crippen molar-refractivity contribution in [1.82, 2.24) is 0 Å². The summed E-state index contributed by atoms with van der Waals surface area (Å²) in [6, 6.07) is 8.73. The Hall–Kier alpha value is -1.62. The van der Waals surface area contributed by atoms with Gasteiger partial charge in [-0.3, -0.25) is 0 Å². The molecule has 0 aliphatic rings. The van der Waals surface area contributed by atoms with E-state index >= 15 is 0 Å². The third-order valence-electron chi connectivity index (χ3n) is 2.95. The van der Waals surface area contributed by atoms with E-state index in [9.17, 15) is 8.78 Å². The van der Waals surface area contributed by atoms with Gasteiger partial charge in [0.05, 0.1) is 19.0 Å². The van der Waals surface area contributed by atoms with Gasteiger partial charge < -0.3 is 9.47 Å². The lowest BCUT2D eigenvalue weighted by molar-refractivity contribution is 0.399. The first-order valence-corrected chi connectivity index (χ1v) is 6.79. The standard InChI is InChI=1S/C15H13BrF2O2/c1-19-10-4-6-14(20-2)12(8-10)15(16)11-5-3-9(17)7-13(11)18/h3-8,15H,1-2H3. The highest BCUT2D eigenvalue weighted by molar-refractivity contribution is 9.09. The molecule has 0 amide bonds. The molecule has 2 aromatic carbocycles. The summed E-state index contributed by atoms with van der Waals surface area (Å²) >= 11 is 3.43. The minimum Gasteiger partial charge on any atom is -0.497 e. The molecule has 0 N–H and O–H groups in total. The maximum absolute atomic E-state index is 13.9. The molecule has 0 radical (unpaired) electrons. The molecule has 0 heterocycles. The van der Waals surface area contributed by atoms with Gasteiger partial charge in [-0.25, -0.2) is 8.78 Å². The van der Waals surface area contributed by atoms with Crippen LogP contribution in [-0.4, -0.2) is 14.2 Å².